The van der Waals surface area contributed by atoms with Crippen LogP contribution in [0.3, 0.4) is 0 Å². The predicted octanol–water partition coefficient (Wildman–Crippen LogP) is 2.75. The minimum atomic E-state index is -0.0960. The van der Waals surface area contributed by atoms with E-state index in [1.165, 1.54) is 5.56 Å². The van der Waals surface area contributed by atoms with Crippen molar-refractivity contribution in [3.63, 3.8) is 0 Å². The standard InChI is InChI=1S/C14H14N2OS/c1-11-4-2-5-12(8-11)10-15-16-14(17)9-13-6-3-7-18-13/h2-8,10H,9H2,1H3,(H,16,17)/b15-10-. The van der Waals surface area contributed by atoms with Gasteiger partial charge in [0.25, 0.3) is 0 Å². The van der Waals surface area contributed by atoms with E-state index in [4.69, 9.17) is 0 Å². The highest BCUT2D eigenvalue weighted by Gasteiger charge is 2.01. The molecule has 0 atom stereocenters. The van der Waals surface area contributed by atoms with Crippen molar-refractivity contribution in [1.82, 2.24) is 5.43 Å². The molecule has 0 spiro atoms. The lowest BCUT2D eigenvalue weighted by Gasteiger charge is -1.98. The number of carbonyl (C=O) groups is 1. The third-order valence-corrected chi connectivity index (χ3v) is 3.24. The summed E-state index contributed by atoms with van der Waals surface area (Å²) >= 11 is 1.57. The predicted molar refractivity (Wildman–Crippen MR) is 74.9 cm³/mol. The number of thiophene rings is 1. The molecule has 0 unspecified atom stereocenters. The molecule has 0 aliphatic carbocycles. The Bertz CT molecular complexity index is 547. The molecular formula is C14H14N2OS. The topological polar surface area (TPSA) is 41.5 Å². The summed E-state index contributed by atoms with van der Waals surface area (Å²) in [6, 6.07) is 11.8. The first-order valence-electron chi connectivity index (χ1n) is 5.65. The lowest BCUT2D eigenvalue weighted by atomic mass is 10.2. The Labute approximate surface area is 110 Å². The molecule has 2 aromatic rings. The summed E-state index contributed by atoms with van der Waals surface area (Å²) in [4.78, 5) is 12.6. The average Bonchev–Trinajstić information content (AvgIpc) is 2.82. The number of hydrazone groups is 1. The van der Waals surface area contributed by atoms with Crippen molar-refractivity contribution in [2.24, 2.45) is 5.10 Å². The first-order chi connectivity index (χ1) is 8.74. The Morgan fingerprint density at radius 2 is 2.28 bits per heavy atom. The van der Waals surface area contributed by atoms with Gasteiger partial charge in [-0.3, -0.25) is 4.79 Å². The third-order valence-electron chi connectivity index (χ3n) is 2.36. The maximum absolute atomic E-state index is 11.5. The quantitative estimate of drug-likeness (QED) is 0.665. The number of amides is 1. The van der Waals surface area contributed by atoms with E-state index in [1.54, 1.807) is 17.6 Å². The SMILES string of the molecule is Cc1cccc(/C=N\NC(=O)Cc2cccs2)c1. The molecule has 1 amide bonds. The Morgan fingerprint density at radius 3 is 3.00 bits per heavy atom. The van der Waals surface area contributed by atoms with Crippen LogP contribution in [0, 0.1) is 6.92 Å². The molecule has 0 saturated carbocycles. The summed E-state index contributed by atoms with van der Waals surface area (Å²) in [6.45, 7) is 2.02. The number of hydrogen-bond acceptors (Lipinski definition) is 3. The second kappa shape index (κ2) is 6.12. The summed E-state index contributed by atoms with van der Waals surface area (Å²) in [5.74, 6) is -0.0960. The second-order valence-corrected chi connectivity index (χ2v) is 5.00. The first-order valence-corrected chi connectivity index (χ1v) is 6.53. The summed E-state index contributed by atoms with van der Waals surface area (Å²) in [7, 11) is 0. The highest BCUT2D eigenvalue weighted by Crippen LogP contribution is 2.08. The van der Waals surface area contributed by atoms with Gasteiger partial charge < -0.3 is 0 Å². The van der Waals surface area contributed by atoms with Gasteiger partial charge in [0.05, 0.1) is 12.6 Å². The molecule has 4 heteroatoms. The van der Waals surface area contributed by atoms with Crippen LogP contribution in [0.15, 0.2) is 46.9 Å². The highest BCUT2D eigenvalue weighted by molar-refractivity contribution is 7.10. The zero-order valence-corrected chi connectivity index (χ0v) is 10.9. The Hall–Kier alpha value is -1.94. The normalized spacial score (nSPS) is 10.7. The van der Waals surface area contributed by atoms with Gasteiger partial charge in [-0.1, -0.05) is 35.9 Å². The van der Waals surface area contributed by atoms with Crippen LogP contribution in [-0.2, 0) is 11.2 Å². The minimum absolute atomic E-state index is 0.0960. The largest absolute Gasteiger partial charge is 0.273 e. The van der Waals surface area contributed by atoms with E-state index < -0.39 is 0 Å². The Kier molecular flexibility index (Phi) is 4.25. The van der Waals surface area contributed by atoms with E-state index >= 15 is 0 Å². The number of benzene rings is 1. The van der Waals surface area contributed by atoms with Crippen LogP contribution in [0.25, 0.3) is 0 Å². The zero-order chi connectivity index (χ0) is 12.8. The van der Waals surface area contributed by atoms with E-state index in [2.05, 4.69) is 10.5 Å². The molecule has 1 N–H and O–H groups in total. The summed E-state index contributed by atoms with van der Waals surface area (Å²) in [6.07, 6.45) is 2.03. The van der Waals surface area contributed by atoms with E-state index in [-0.39, 0.29) is 5.91 Å². The number of nitrogens with zero attached hydrogens (tertiary/aromatic N) is 1. The van der Waals surface area contributed by atoms with Gasteiger partial charge in [0.15, 0.2) is 0 Å². The fraction of sp³-hybridized carbons (Fsp3) is 0.143. The van der Waals surface area contributed by atoms with E-state index in [0.717, 1.165) is 10.4 Å². The van der Waals surface area contributed by atoms with Gasteiger partial charge in [-0.15, -0.1) is 11.3 Å². The first kappa shape index (κ1) is 12.5. The van der Waals surface area contributed by atoms with Crippen molar-refractivity contribution >= 4 is 23.5 Å². The van der Waals surface area contributed by atoms with Crippen LogP contribution >= 0.6 is 11.3 Å². The van der Waals surface area contributed by atoms with Crippen molar-refractivity contribution in [1.29, 1.82) is 0 Å². The van der Waals surface area contributed by atoms with Crippen molar-refractivity contribution < 1.29 is 4.79 Å². The minimum Gasteiger partial charge on any atom is -0.273 e. The molecule has 18 heavy (non-hydrogen) atoms. The fourth-order valence-electron chi connectivity index (χ4n) is 1.54. The molecule has 1 heterocycles. The van der Waals surface area contributed by atoms with Gasteiger partial charge in [0.1, 0.15) is 0 Å². The number of rotatable bonds is 4. The molecule has 0 fully saturated rings. The Balaban J connectivity index is 1.86. The van der Waals surface area contributed by atoms with E-state index in [0.29, 0.717) is 6.42 Å². The lowest BCUT2D eigenvalue weighted by Crippen LogP contribution is -2.19. The van der Waals surface area contributed by atoms with Crippen LogP contribution in [0.2, 0.25) is 0 Å². The molecule has 0 aliphatic heterocycles. The molecule has 2 rings (SSSR count). The van der Waals surface area contributed by atoms with E-state index in [1.807, 2.05) is 48.7 Å². The molecule has 92 valence electrons. The van der Waals surface area contributed by atoms with Gasteiger partial charge >= 0.3 is 0 Å². The van der Waals surface area contributed by atoms with Gasteiger partial charge in [-0.25, -0.2) is 5.43 Å². The molecule has 0 radical (unpaired) electrons. The molecule has 3 nitrogen and oxygen atoms in total. The molecule has 0 aliphatic rings. The van der Waals surface area contributed by atoms with Gasteiger partial charge in [0, 0.05) is 4.88 Å². The smallest absolute Gasteiger partial charge is 0.245 e. The van der Waals surface area contributed by atoms with Gasteiger partial charge in [-0.2, -0.15) is 5.10 Å². The van der Waals surface area contributed by atoms with Crippen molar-refractivity contribution in [3.8, 4) is 0 Å². The van der Waals surface area contributed by atoms with Crippen LogP contribution in [0.5, 0.6) is 0 Å². The average molecular weight is 258 g/mol. The van der Waals surface area contributed by atoms with Gasteiger partial charge in [0.2, 0.25) is 5.91 Å². The maximum Gasteiger partial charge on any atom is 0.245 e. The van der Waals surface area contributed by atoms with Gasteiger partial charge in [-0.05, 0) is 23.9 Å². The molecular weight excluding hydrogens is 244 g/mol. The van der Waals surface area contributed by atoms with Crippen LogP contribution in [-0.4, -0.2) is 12.1 Å². The van der Waals surface area contributed by atoms with Crippen LogP contribution in [0.4, 0.5) is 0 Å². The molecule has 0 saturated heterocycles. The lowest BCUT2D eigenvalue weighted by molar-refractivity contribution is -0.120. The number of aryl methyl sites for hydroxylation is 1. The molecule has 1 aromatic heterocycles. The molecule has 1 aromatic carbocycles. The number of carbonyl (C=O) groups excluding carboxylic acids is 1. The summed E-state index contributed by atoms with van der Waals surface area (Å²) < 4.78 is 0. The van der Waals surface area contributed by atoms with Crippen molar-refractivity contribution in [3.05, 3.63) is 57.8 Å². The highest BCUT2D eigenvalue weighted by atomic mass is 32.1. The number of nitrogens with one attached hydrogen (secondary N) is 1. The maximum atomic E-state index is 11.5. The molecule has 0 bridgehead atoms. The van der Waals surface area contributed by atoms with Crippen molar-refractivity contribution in [2.75, 3.05) is 0 Å². The summed E-state index contributed by atoms with van der Waals surface area (Å²) in [5.41, 5.74) is 4.67. The van der Waals surface area contributed by atoms with Crippen molar-refractivity contribution in [2.45, 2.75) is 13.3 Å². The summed E-state index contributed by atoms with van der Waals surface area (Å²) in [5, 5.41) is 5.90. The fourth-order valence-corrected chi connectivity index (χ4v) is 2.24. The second-order valence-electron chi connectivity index (χ2n) is 3.96. The third kappa shape index (κ3) is 3.82. The van der Waals surface area contributed by atoms with Crippen LogP contribution in [0.1, 0.15) is 16.0 Å². The van der Waals surface area contributed by atoms with Crippen LogP contribution < -0.4 is 5.43 Å². The van der Waals surface area contributed by atoms with E-state index in [9.17, 15) is 4.79 Å². The Morgan fingerprint density at radius 1 is 1.39 bits per heavy atom. The zero-order valence-electron chi connectivity index (χ0n) is 10.1. The monoisotopic (exact) mass is 258 g/mol. The number of hydrogen-bond donors (Lipinski definition) is 1.